The highest BCUT2D eigenvalue weighted by atomic mass is 35.5. The molecule has 4 aromatic rings. The summed E-state index contributed by atoms with van der Waals surface area (Å²) >= 11 is 6.16. The highest BCUT2D eigenvalue weighted by Crippen LogP contribution is 2.68. The van der Waals surface area contributed by atoms with Crippen molar-refractivity contribution in [3.8, 4) is 23.0 Å². The Labute approximate surface area is 290 Å². The number of carbonyl (C=O) groups excluding carboxylic acids is 2. The van der Waals surface area contributed by atoms with Gasteiger partial charge in [-0.25, -0.2) is 13.8 Å². The average molecular weight is 734 g/mol. The molecule has 4 N–H and O–H groups in total. The molecule has 2 aliphatic rings. The van der Waals surface area contributed by atoms with Crippen LogP contribution in [0.1, 0.15) is 76.5 Å². The van der Waals surface area contributed by atoms with Crippen LogP contribution in [-0.4, -0.2) is 37.3 Å². The van der Waals surface area contributed by atoms with E-state index in [1.165, 1.54) is 44.2 Å². The molecule has 2 aliphatic carbocycles. The maximum atomic E-state index is 15.2. The molecule has 1 saturated carbocycles. The second kappa shape index (κ2) is 12.7. The molecule has 0 saturated heterocycles. The average Bonchev–Trinajstić information content (AvgIpc) is 3.67. The van der Waals surface area contributed by atoms with Gasteiger partial charge in [0, 0.05) is 23.1 Å². The SMILES string of the molecule is CC(C)(O)C#Cc1ccc(-c2ccc(Cl)c(C(N)=O)c2)c([C@H](Cc2cc(F)cc(F)c2)NC(=O)Cn2nc(C(F)(F)F)c3c2C(F)(F)C2C[C@H]32)n1. The van der Waals surface area contributed by atoms with Gasteiger partial charge in [-0.15, -0.1) is 0 Å². The summed E-state index contributed by atoms with van der Waals surface area (Å²) in [4.78, 5) is 30.3. The fourth-order valence-corrected chi connectivity index (χ4v) is 6.51. The van der Waals surface area contributed by atoms with Gasteiger partial charge in [-0.3, -0.25) is 14.3 Å². The number of nitrogens with zero attached hydrogens (tertiary/aromatic N) is 3. The van der Waals surface area contributed by atoms with Gasteiger partial charge >= 0.3 is 6.18 Å². The first-order chi connectivity index (χ1) is 23.7. The zero-order chi connectivity index (χ0) is 37.2. The largest absolute Gasteiger partial charge is 0.435 e. The molecule has 16 heteroatoms. The van der Waals surface area contributed by atoms with Crippen LogP contribution in [0.15, 0.2) is 48.5 Å². The van der Waals surface area contributed by atoms with E-state index in [-0.39, 0.29) is 45.9 Å². The molecule has 6 rings (SSSR count). The van der Waals surface area contributed by atoms with Gasteiger partial charge in [0.2, 0.25) is 11.8 Å². The first-order valence-electron chi connectivity index (χ1n) is 15.4. The van der Waals surface area contributed by atoms with E-state index in [1.54, 1.807) is 0 Å². The lowest BCUT2D eigenvalue weighted by molar-refractivity contribution is -0.142. The summed E-state index contributed by atoms with van der Waals surface area (Å²) in [6, 6.07) is 8.41. The molecule has 1 unspecified atom stereocenters. The van der Waals surface area contributed by atoms with Gasteiger partial charge in [0.15, 0.2) is 5.69 Å². The van der Waals surface area contributed by atoms with Crippen molar-refractivity contribution < 1.29 is 45.4 Å². The van der Waals surface area contributed by atoms with E-state index < -0.39 is 82.5 Å². The zero-order valence-corrected chi connectivity index (χ0v) is 27.4. The number of rotatable bonds is 8. The number of primary amides is 1. The van der Waals surface area contributed by atoms with Gasteiger partial charge in [-0.1, -0.05) is 23.6 Å². The minimum Gasteiger partial charge on any atom is -0.378 e. The molecule has 266 valence electrons. The van der Waals surface area contributed by atoms with E-state index in [0.717, 1.165) is 12.1 Å². The summed E-state index contributed by atoms with van der Waals surface area (Å²) in [5.74, 6) is -4.61. The fourth-order valence-electron chi connectivity index (χ4n) is 6.30. The van der Waals surface area contributed by atoms with Crippen molar-refractivity contribution >= 4 is 23.4 Å². The second-order valence-corrected chi connectivity index (χ2v) is 13.3. The highest BCUT2D eigenvalue weighted by Gasteiger charge is 2.68. The monoisotopic (exact) mass is 733 g/mol. The van der Waals surface area contributed by atoms with Gasteiger partial charge in [-0.05, 0) is 86.1 Å². The number of hydrogen-bond acceptors (Lipinski definition) is 5. The maximum Gasteiger partial charge on any atom is 0.435 e. The normalized spacial score (nSPS) is 17.9. The van der Waals surface area contributed by atoms with Crippen LogP contribution in [0.4, 0.5) is 30.7 Å². The molecule has 0 bridgehead atoms. The van der Waals surface area contributed by atoms with E-state index in [9.17, 15) is 36.6 Å². The Kier molecular flexibility index (Phi) is 8.92. The smallest absolute Gasteiger partial charge is 0.378 e. The van der Waals surface area contributed by atoms with Crippen molar-refractivity contribution in [3.63, 3.8) is 0 Å². The number of halogens is 8. The van der Waals surface area contributed by atoms with Gasteiger partial charge in [-0.2, -0.15) is 27.1 Å². The van der Waals surface area contributed by atoms with Gasteiger partial charge in [0.1, 0.15) is 35.2 Å². The first-order valence-corrected chi connectivity index (χ1v) is 15.8. The third-order valence-electron chi connectivity index (χ3n) is 8.49. The molecule has 2 aromatic heterocycles. The standard InChI is InChI=1S/C35H27ClF7N5O3/c1-33(2,51)8-7-20-4-5-21(17-3-6-25(36)23(12-17)32(44)50)29(45-20)26(11-16-9-18(37)13-19(38)10-16)46-27(49)15-48-31-28(30(47-48)35(41,42)43)22-14-24(22)34(31,39)40/h3-6,9-10,12-13,22,24,26,51H,11,14-15H2,1-2H3,(H2,44,50)(H,46,49)/t22-,24?,26-/m0/s1. The Balaban J connectivity index is 1.46. The van der Waals surface area contributed by atoms with E-state index in [0.29, 0.717) is 16.3 Å². The zero-order valence-electron chi connectivity index (χ0n) is 26.7. The molecular formula is C35H27ClF7N5O3. The Hall–Kier alpha value is -4.94. The van der Waals surface area contributed by atoms with Crippen molar-refractivity contribution in [2.45, 2.75) is 62.9 Å². The molecule has 0 spiro atoms. The number of hydrogen-bond donors (Lipinski definition) is 3. The summed E-state index contributed by atoms with van der Waals surface area (Å²) in [5, 5.41) is 16.2. The van der Waals surface area contributed by atoms with Gasteiger partial charge in [0.25, 0.3) is 5.92 Å². The van der Waals surface area contributed by atoms with E-state index >= 15 is 8.78 Å². The third kappa shape index (κ3) is 7.29. The fraction of sp³-hybridized carbons (Fsp3) is 0.314. The number of nitrogens with two attached hydrogens (primary N) is 1. The lowest BCUT2D eigenvalue weighted by Crippen LogP contribution is -2.35. The molecule has 2 aromatic carbocycles. The number of nitrogens with one attached hydrogen (secondary N) is 1. The molecule has 51 heavy (non-hydrogen) atoms. The molecule has 8 nitrogen and oxygen atoms in total. The van der Waals surface area contributed by atoms with Crippen molar-refractivity contribution in [3.05, 3.63) is 105 Å². The Morgan fingerprint density at radius 1 is 1.12 bits per heavy atom. The van der Waals surface area contributed by atoms with Crippen LogP contribution >= 0.6 is 11.6 Å². The van der Waals surface area contributed by atoms with Gasteiger partial charge < -0.3 is 16.2 Å². The molecule has 0 aliphatic heterocycles. The van der Waals surface area contributed by atoms with Crippen molar-refractivity contribution in [1.82, 2.24) is 20.1 Å². The first kappa shape index (κ1) is 35.9. The van der Waals surface area contributed by atoms with Crippen LogP contribution in [0, 0.1) is 29.4 Å². The van der Waals surface area contributed by atoms with Crippen LogP contribution in [0.5, 0.6) is 0 Å². The minimum absolute atomic E-state index is 0.0124. The molecule has 0 radical (unpaired) electrons. The predicted molar refractivity (Wildman–Crippen MR) is 169 cm³/mol. The van der Waals surface area contributed by atoms with Crippen LogP contribution in [-0.2, 0) is 29.9 Å². The Morgan fingerprint density at radius 2 is 1.80 bits per heavy atom. The number of alkyl halides is 5. The van der Waals surface area contributed by atoms with E-state index in [1.807, 2.05) is 0 Å². The molecule has 2 heterocycles. The Bertz CT molecular complexity index is 2130. The number of carbonyl (C=O) groups is 2. The molecular weight excluding hydrogens is 707 g/mol. The van der Waals surface area contributed by atoms with Crippen LogP contribution < -0.4 is 11.1 Å². The molecule has 1 fully saturated rings. The summed E-state index contributed by atoms with van der Waals surface area (Å²) in [6.45, 7) is 1.76. The molecule has 3 atom stereocenters. The quantitative estimate of drug-likeness (QED) is 0.142. The number of amides is 2. The summed E-state index contributed by atoms with van der Waals surface area (Å²) in [5.41, 5.74) is 1.43. The van der Waals surface area contributed by atoms with E-state index in [2.05, 4.69) is 27.2 Å². The highest BCUT2D eigenvalue weighted by molar-refractivity contribution is 6.33. The number of aliphatic hydroxyl groups is 1. The van der Waals surface area contributed by atoms with E-state index in [4.69, 9.17) is 17.3 Å². The number of pyridine rings is 1. The van der Waals surface area contributed by atoms with Crippen LogP contribution in [0.3, 0.4) is 0 Å². The Morgan fingerprint density at radius 3 is 2.43 bits per heavy atom. The topological polar surface area (TPSA) is 123 Å². The number of fused-ring (bicyclic) bond motifs is 3. The third-order valence-corrected chi connectivity index (χ3v) is 8.81. The number of benzene rings is 2. The van der Waals surface area contributed by atoms with Crippen LogP contribution in [0.25, 0.3) is 11.1 Å². The van der Waals surface area contributed by atoms with Crippen molar-refractivity contribution in [2.75, 3.05) is 0 Å². The lowest BCUT2D eigenvalue weighted by Gasteiger charge is -2.23. The van der Waals surface area contributed by atoms with Crippen LogP contribution in [0.2, 0.25) is 5.02 Å². The van der Waals surface area contributed by atoms with Crippen molar-refractivity contribution in [1.29, 1.82) is 0 Å². The summed E-state index contributed by atoms with van der Waals surface area (Å²) in [6.07, 6.45) is -5.57. The predicted octanol–water partition coefficient (Wildman–Crippen LogP) is 6.43. The minimum atomic E-state index is -5.06. The summed E-state index contributed by atoms with van der Waals surface area (Å²) in [7, 11) is 0. The molecule has 2 amide bonds. The maximum absolute atomic E-state index is 15.2. The van der Waals surface area contributed by atoms with Gasteiger partial charge in [0.05, 0.1) is 22.3 Å². The van der Waals surface area contributed by atoms with Crippen molar-refractivity contribution in [2.24, 2.45) is 11.7 Å². The lowest BCUT2D eigenvalue weighted by atomic mass is 9.94. The summed E-state index contributed by atoms with van der Waals surface area (Å²) < 4.78 is 101. The number of aromatic nitrogens is 3. The second-order valence-electron chi connectivity index (χ2n) is 12.9.